The molecule has 3 aromatic rings. The van der Waals surface area contributed by atoms with Crippen LogP contribution < -0.4 is 41.8 Å². The minimum Gasteiger partial charge on any atom is -0.494 e. The van der Waals surface area contributed by atoms with Crippen LogP contribution in [0, 0.1) is 13.8 Å². The number of sulfonamides is 1. The van der Waals surface area contributed by atoms with Crippen molar-refractivity contribution < 1.29 is 103 Å². The van der Waals surface area contributed by atoms with Gasteiger partial charge in [-0.1, -0.05) is 18.2 Å². The molecule has 0 unspecified atom stereocenters. The molecule has 0 aliphatic carbocycles. The lowest BCUT2D eigenvalue weighted by Crippen LogP contribution is -2.58. The number of aliphatic carboxylic acids is 4. The van der Waals surface area contributed by atoms with Crippen LogP contribution in [0.1, 0.15) is 45.6 Å². The average Bonchev–Trinajstić information content (AvgIpc) is 0.906. The van der Waals surface area contributed by atoms with Gasteiger partial charge in [-0.3, -0.25) is 71.9 Å². The first kappa shape index (κ1) is 74.5. The molecular formula is C53H76N12O22S3. The van der Waals surface area contributed by atoms with Gasteiger partial charge in [0.1, 0.15) is 41.2 Å². The van der Waals surface area contributed by atoms with Crippen molar-refractivity contribution in [3.05, 3.63) is 82.5 Å². The van der Waals surface area contributed by atoms with Crippen molar-refractivity contribution in [1.29, 1.82) is 0 Å². The number of ether oxygens (including phenoxy) is 1. The summed E-state index contributed by atoms with van der Waals surface area (Å²) in [7, 11) is -14.7. The summed E-state index contributed by atoms with van der Waals surface area (Å²) in [6, 6.07) is 8.51. The number of aryl methyl sites for hydroxylation is 4. The third-order valence-electron chi connectivity index (χ3n) is 13.5. The van der Waals surface area contributed by atoms with Gasteiger partial charge in [0.2, 0.25) is 33.7 Å². The van der Waals surface area contributed by atoms with Crippen LogP contribution in [-0.4, -0.2) is 267 Å². The Labute approximate surface area is 518 Å². The molecule has 34 nitrogen and oxygen atoms in total. The number of nitrogens with two attached hydrogens (primary N) is 1. The maximum Gasteiger partial charge on any atom is 0.323 e. The molecule has 4 rings (SSSR count). The van der Waals surface area contributed by atoms with Gasteiger partial charge in [0.05, 0.1) is 37.7 Å². The van der Waals surface area contributed by atoms with E-state index in [9.17, 15) is 97.9 Å². The molecule has 0 bridgehead atoms. The molecule has 0 radical (unpaired) electrons. The van der Waals surface area contributed by atoms with Crippen molar-refractivity contribution in [3.8, 4) is 5.75 Å². The molecule has 1 aliphatic heterocycles. The summed E-state index contributed by atoms with van der Waals surface area (Å²) in [5, 5.41) is 49.5. The van der Waals surface area contributed by atoms with Gasteiger partial charge in [-0.05, 0) is 86.2 Å². The highest BCUT2D eigenvalue weighted by molar-refractivity contribution is 7.89. The topological polar surface area (TPSA) is 511 Å². The smallest absolute Gasteiger partial charge is 0.323 e. The lowest BCUT2D eigenvalue weighted by Gasteiger charge is -2.33. The molecule has 0 spiro atoms. The Morgan fingerprint density at radius 3 is 1.57 bits per heavy atom. The van der Waals surface area contributed by atoms with E-state index in [1.54, 1.807) is 36.4 Å². The number of pyridine rings is 1. The van der Waals surface area contributed by atoms with Gasteiger partial charge in [0, 0.05) is 89.7 Å². The number of nitrogens with zero attached hydrogens (tertiary/aromatic N) is 5. The van der Waals surface area contributed by atoms with E-state index >= 15 is 0 Å². The van der Waals surface area contributed by atoms with Gasteiger partial charge in [-0.2, -0.15) is 21.6 Å². The van der Waals surface area contributed by atoms with Crippen LogP contribution >= 0.6 is 0 Å². The number of carbonyl (C=O) groups is 9. The Hall–Kier alpha value is -8.01. The van der Waals surface area contributed by atoms with Crippen molar-refractivity contribution >= 4 is 89.5 Å². The average molecular weight is 1330 g/mol. The first-order valence-corrected chi connectivity index (χ1v) is 32.5. The molecule has 1 aliphatic rings. The molecular weight excluding hydrogens is 1250 g/mol. The normalized spacial score (nSPS) is 15.3. The third-order valence-corrected chi connectivity index (χ3v) is 16.7. The van der Waals surface area contributed by atoms with E-state index in [0.717, 1.165) is 11.3 Å². The largest absolute Gasteiger partial charge is 0.494 e. The standard InChI is InChI=1S/C53H76N12O22S3/c1-34-25-39(26-35(2)49(34)90(85,86)61-40(53(77)78)27-57-50(74)37-11-8-36(9-12-37)10-13-38-5-3-6-43(54)58-38)87-24-4-7-44(66)55-14-15-56-51(75)41(32-88(79,80)81)60-52(76)42(33-89(82,83)84)59-45(67)28-62-16-18-63(29-46(68)69)20-22-65(31-48(72)73)23-21-64(19-17-62)30-47(70)71/h3,5-6,8-9,11-12,25-26,40-42,61H,4,7,10,13-24,27-33H2,1-2H3,(H2,54,58)(H,55,66)(H,56,75)(H,57,74)(H,59,67)(H,60,76)(H,68,69)(H,70,71)(H,72,73)(H,77,78)(H,79,80,81)(H,82,83,84)/t40-,41+,42+/m1/s1. The highest BCUT2D eigenvalue weighted by Gasteiger charge is 2.34. The Morgan fingerprint density at radius 2 is 1.09 bits per heavy atom. The molecule has 1 aromatic heterocycles. The van der Waals surface area contributed by atoms with Gasteiger partial charge in [-0.15, -0.1) is 0 Å². The molecule has 2 heterocycles. The third kappa shape index (κ3) is 28.2. The van der Waals surface area contributed by atoms with Crippen molar-refractivity contribution in [2.75, 3.05) is 122 Å². The lowest BCUT2D eigenvalue weighted by atomic mass is 10.1. The number of nitrogen functional groups attached to an aromatic ring is 1. The summed E-state index contributed by atoms with van der Waals surface area (Å²) in [6.07, 6.45) is 1.16. The number of carboxylic acid groups (broad SMARTS) is 4. The second-order valence-electron chi connectivity index (χ2n) is 20.9. The van der Waals surface area contributed by atoms with E-state index in [0.29, 0.717) is 18.7 Å². The number of benzene rings is 2. The van der Waals surface area contributed by atoms with E-state index in [2.05, 4.69) is 31.0 Å². The molecule has 5 amide bonds. The predicted molar refractivity (Wildman–Crippen MR) is 319 cm³/mol. The fraction of sp³-hybridized carbons (Fsp3) is 0.509. The number of carboxylic acids is 4. The van der Waals surface area contributed by atoms with Crippen LogP contribution in [0.5, 0.6) is 5.75 Å². The van der Waals surface area contributed by atoms with Crippen molar-refractivity contribution in [1.82, 2.24) is 55.9 Å². The fourth-order valence-corrected chi connectivity index (χ4v) is 12.1. The molecule has 37 heteroatoms. The molecule has 0 saturated carbocycles. The summed E-state index contributed by atoms with van der Waals surface area (Å²) in [5.41, 5.74) is 8.00. The Bertz CT molecular complexity index is 3320. The number of aromatic nitrogens is 1. The van der Waals surface area contributed by atoms with Crippen molar-refractivity contribution in [2.45, 2.75) is 62.6 Å². The van der Waals surface area contributed by atoms with Crippen molar-refractivity contribution in [2.24, 2.45) is 0 Å². The monoisotopic (exact) mass is 1330 g/mol. The Kier molecular flexibility index (Phi) is 29.3. The van der Waals surface area contributed by atoms with Gasteiger partial charge in [0.25, 0.3) is 26.1 Å². The van der Waals surface area contributed by atoms with E-state index in [-0.39, 0.29) is 106 Å². The molecule has 498 valence electrons. The SMILES string of the molecule is Cc1cc(OCCCC(=O)NCCNC(=O)[C@H](CS(=O)(=O)O)NC(=O)[C@H](CS(=O)(=O)O)NC(=O)CN2CCN(CC(=O)O)CCN(CC(=O)O)CCN(CC(=O)O)CC2)cc(C)c1S(=O)(=O)N[C@H](CNC(=O)c1ccc(CCc2cccc(N)n2)cc1)C(=O)O. The number of amides is 5. The number of hydrogen-bond acceptors (Lipinski definition) is 22. The minimum atomic E-state index is -5.11. The number of nitrogens with one attached hydrogen (secondary N) is 6. The lowest BCUT2D eigenvalue weighted by molar-refractivity contribution is -0.140. The molecule has 1 fully saturated rings. The first-order chi connectivity index (χ1) is 42.1. The number of carbonyl (C=O) groups excluding carboxylic acids is 5. The van der Waals surface area contributed by atoms with Crippen LogP contribution in [-0.2, 0) is 81.5 Å². The zero-order valence-corrected chi connectivity index (χ0v) is 51.7. The van der Waals surface area contributed by atoms with Crippen LogP contribution in [0.4, 0.5) is 5.82 Å². The van der Waals surface area contributed by atoms with Crippen LogP contribution in [0.15, 0.2) is 59.5 Å². The minimum absolute atomic E-state index is 0.0336. The maximum absolute atomic E-state index is 13.6. The van der Waals surface area contributed by atoms with E-state index in [1.807, 2.05) is 11.4 Å². The zero-order valence-electron chi connectivity index (χ0n) is 49.2. The highest BCUT2D eigenvalue weighted by atomic mass is 32.2. The Balaban J connectivity index is 1.27. The Morgan fingerprint density at radius 1 is 0.600 bits per heavy atom. The number of rotatable bonds is 34. The van der Waals surface area contributed by atoms with Gasteiger partial charge >= 0.3 is 23.9 Å². The van der Waals surface area contributed by atoms with Gasteiger partial charge < -0.3 is 57.5 Å². The highest BCUT2D eigenvalue weighted by Crippen LogP contribution is 2.26. The predicted octanol–water partition coefficient (Wildman–Crippen LogP) is -4.16. The van der Waals surface area contributed by atoms with Gasteiger partial charge in [0.15, 0.2) is 0 Å². The van der Waals surface area contributed by atoms with Crippen LogP contribution in [0.3, 0.4) is 0 Å². The summed E-state index contributed by atoms with van der Waals surface area (Å²) < 4.78 is 102. The van der Waals surface area contributed by atoms with Gasteiger partial charge in [-0.25, -0.2) is 13.4 Å². The fourth-order valence-electron chi connectivity index (χ4n) is 9.18. The summed E-state index contributed by atoms with van der Waals surface area (Å²) >= 11 is 0. The van der Waals surface area contributed by atoms with E-state index in [1.165, 1.54) is 45.6 Å². The van der Waals surface area contributed by atoms with Crippen LogP contribution in [0.25, 0.3) is 0 Å². The molecule has 14 N–H and O–H groups in total. The van der Waals surface area contributed by atoms with E-state index in [4.69, 9.17) is 10.5 Å². The number of anilines is 1. The molecule has 1 saturated heterocycles. The molecule has 90 heavy (non-hydrogen) atoms. The molecule has 2 aromatic carbocycles. The number of hydrogen-bond donors (Lipinski definition) is 13. The zero-order chi connectivity index (χ0) is 66.9. The first-order valence-electron chi connectivity index (χ1n) is 27.8. The summed E-state index contributed by atoms with van der Waals surface area (Å²) in [6.45, 7) is -0.501. The molecule has 3 atom stereocenters. The second-order valence-corrected chi connectivity index (χ2v) is 25.6. The summed E-state index contributed by atoms with van der Waals surface area (Å²) in [5.74, 6) is -12.6. The van der Waals surface area contributed by atoms with Crippen LogP contribution in [0.2, 0.25) is 0 Å². The second kappa shape index (κ2) is 35.4. The van der Waals surface area contributed by atoms with E-state index < -0.39 is 153 Å². The quantitative estimate of drug-likeness (QED) is 0.0199. The maximum atomic E-state index is 13.6. The van der Waals surface area contributed by atoms with Crippen molar-refractivity contribution in [3.63, 3.8) is 0 Å². The summed E-state index contributed by atoms with van der Waals surface area (Å²) in [4.78, 5) is 123.